The molecule has 0 saturated heterocycles. The molecule has 1 amide bonds. The van der Waals surface area contributed by atoms with Crippen LogP contribution in [0.4, 0.5) is 5.13 Å². The molecule has 0 aliphatic rings. The summed E-state index contributed by atoms with van der Waals surface area (Å²) < 4.78 is 1.03. The van der Waals surface area contributed by atoms with Crippen LogP contribution in [0.25, 0.3) is 11.3 Å². The van der Waals surface area contributed by atoms with Crippen molar-refractivity contribution in [2.75, 3.05) is 5.32 Å². The number of nitrogens with one attached hydrogen (secondary N) is 1. The Balaban J connectivity index is 1.84. The average Bonchev–Trinajstić information content (AvgIpc) is 2.99. The van der Waals surface area contributed by atoms with Crippen LogP contribution in [0, 0.1) is 24.3 Å². The lowest BCUT2D eigenvalue weighted by Gasteiger charge is -2.07. The van der Waals surface area contributed by atoms with Crippen molar-refractivity contribution >= 4 is 45.0 Å². The third kappa shape index (κ3) is 3.67. The Morgan fingerprint density at radius 3 is 2.58 bits per heavy atom. The number of nitrogens with zero attached hydrogens (tertiary/aromatic N) is 1. The van der Waals surface area contributed by atoms with E-state index in [0.717, 1.165) is 14.8 Å². The lowest BCUT2D eigenvalue weighted by Crippen LogP contribution is -2.11. The van der Waals surface area contributed by atoms with Gasteiger partial charge in [0.1, 0.15) is 0 Å². The summed E-state index contributed by atoms with van der Waals surface area (Å²) in [5.41, 5.74) is 6.37. The zero-order valence-electron chi connectivity index (χ0n) is 13.7. The van der Waals surface area contributed by atoms with E-state index in [2.05, 4.69) is 65.8 Å². The summed E-state index contributed by atoms with van der Waals surface area (Å²) in [4.78, 5) is 16.9. The molecule has 0 saturated carbocycles. The van der Waals surface area contributed by atoms with Gasteiger partial charge in [0.2, 0.25) is 0 Å². The molecule has 5 heteroatoms. The maximum absolute atomic E-state index is 12.3. The van der Waals surface area contributed by atoms with E-state index in [4.69, 9.17) is 0 Å². The molecule has 1 N–H and O–H groups in total. The fraction of sp³-hybridized carbons (Fsp3) is 0.158. The Morgan fingerprint density at radius 1 is 1.08 bits per heavy atom. The minimum absolute atomic E-state index is 0.133. The molecular formula is C19H17IN2OS. The summed E-state index contributed by atoms with van der Waals surface area (Å²) >= 11 is 3.64. The van der Waals surface area contributed by atoms with Crippen LogP contribution in [0.15, 0.2) is 41.8 Å². The Kier molecular flexibility index (Phi) is 5.01. The average molecular weight is 448 g/mol. The fourth-order valence-electron chi connectivity index (χ4n) is 2.49. The van der Waals surface area contributed by atoms with Crippen molar-refractivity contribution in [1.29, 1.82) is 0 Å². The first-order chi connectivity index (χ1) is 11.4. The van der Waals surface area contributed by atoms with Crippen molar-refractivity contribution in [2.45, 2.75) is 20.8 Å². The van der Waals surface area contributed by atoms with Crippen LogP contribution in [0.3, 0.4) is 0 Å². The van der Waals surface area contributed by atoms with Crippen LogP contribution in [-0.2, 0) is 0 Å². The lowest BCUT2D eigenvalue weighted by atomic mass is 9.99. The highest BCUT2D eigenvalue weighted by Crippen LogP contribution is 2.29. The molecule has 3 nitrogen and oxygen atoms in total. The molecule has 24 heavy (non-hydrogen) atoms. The molecular weight excluding hydrogens is 431 g/mol. The number of aryl methyl sites for hydroxylation is 3. The highest BCUT2D eigenvalue weighted by atomic mass is 127. The molecule has 3 rings (SSSR count). The summed E-state index contributed by atoms with van der Waals surface area (Å²) in [7, 11) is 0. The van der Waals surface area contributed by atoms with Crippen LogP contribution in [0.5, 0.6) is 0 Å². The predicted molar refractivity (Wildman–Crippen MR) is 109 cm³/mol. The highest BCUT2D eigenvalue weighted by molar-refractivity contribution is 14.1. The van der Waals surface area contributed by atoms with Gasteiger partial charge in [0.15, 0.2) is 5.13 Å². The number of hydrogen-bond donors (Lipinski definition) is 1. The molecule has 0 atom stereocenters. The van der Waals surface area contributed by atoms with Crippen molar-refractivity contribution < 1.29 is 4.79 Å². The molecule has 0 fully saturated rings. The van der Waals surface area contributed by atoms with Gasteiger partial charge in [-0.25, -0.2) is 4.98 Å². The molecule has 1 aromatic heterocycles. The predicted octanol–water partition coefficient (Wildman–Crippen LogP) is 5.59. The Bertz CT molecular complexity index is 917. The molecule has 0 spiro atoms. The first-order valence-electron chi connectivity index (χ1n) is 7.54. The number of carbonyl (C=O) groups is 1. The zero-order chi connectivity index (χ0) is 17.3. The topological polar surface area (TPSA) is 42.0 Å². The van der Waals surface area contributed by atoms with Crippen LogP contribution in [-0.4, -0.2) is 10.9 Å². The van der Waals surface area contributed by atoms with E-state index in [1.807, 2.05) is 23.6 Å². The van der Waals surface area contributed by atoms with Crippen molar-refractivity contribution in [3.8, 4) is 11.3 Å². The molecule has 1 heterocycles. The molecule has 122 valence electrons. The molecule has 0 aliphatic carbocycles. The van der Waals surface area contributed by atoms with E-state index in [0.29, 0.717) is 10.7 Å². The van der Waals surface area contributed by atoms with E-state index in [1.165, 1.54) is 28.0 Å². The number of thiazole rings is 1. The molecule has 0 radical (unpaired) electrons. The second-order valence-electron chi connectivity index (χ2n) is 5.75. The van der Waals surface area contributed by atoms with E-state index >= 15 is 0 Å². The van der Waals surface area contributed by atoms with Crippen molar-refractivity contribution in [3.63, 3.8) is 0 Å². The van der Waals surface area contributed by atoms with Gasteiger partial charge < -0.3 is 0 Å². The number of aromatic nitrogens is 1. The minimum Gasteiger partial charge on any atom is -0.298 e. The molecule has 0 aliphatic heterocycles. The number of anilines is 1. The van der Waals surface area contributed by atoms with E-state index < -0.39 is 0 Å². The first kappa shape index (κ1) is 17.1. The van der Waals surface area contributed by atoms with E-state index in [1.54, 1.807) is 6.07 Å². The number of carbonyl (C=O) groups excluding carboxylic acids is 1. The number of rotatable bonds is 3. The van der Waals surface area contributed by atoms with Crippen LogP contribution < -0.4 is 5.32 Å². The van der Waals surface area contributed by atoms with Crippen molar-refractivity contribution in [2.24, 2.45) is 0 Å². The standard InChI is InChI=1S/C19H17IN2OS/c1-11-7-13(3)16(8-12(11)2)17-10-24-19(21-17)22-18(23)14-5-4-6-15(20)9-14/h4-10H,1-3H3,(H,21,22,23). The van der Waals surface area contributed by atoms with Gasteiger partial charge in [-0.2, -0.15) is 0 Å². The first-order valence-corrected chi connectivity index (χ1v) is 9.50. The SMILES string of the molecule is Cc1cc(C)c(-c2csc(NC(=O)c3cccc(I)c3)n2)cc1C. The van der Waals surface area contributed by atoms with Gasteiger partial charge in [-0.15, -0.1) is 11.3 Å². The molecule has 0 unspecified atom stereocenters. The third-order valence-electron chi connectivity index (χ3n) is 3.93. The van der Waals surface area contributed by atoms with Crippen molar-refractivity contribution in [1.82, 2.24) is 4.98 Å². The van der Waals surface area contributed by atoms with E-state index in [9.17, 15) is 4.79 Å². The van der Waals surface area contributed by atoms with Crippen molar-refractivity contribution in [3.05, 3.63) is 67.6 Å². The molecule has 2 aromatic carbocycles. The zero-order valence-corrected chi connectivity index (χ0v) is 16.7. The van der Waals surface area contributed by atoms with Crippen LogP contribution >= 0.6 is 33.9 Å². The van der Waals surface area contributed by atoms with Gasteiger partial charge in [-0.05, 0) is 84.3 Å². The van der Waals surface area contributed by atoms with Gasteiger partial charge in [0.05, 0.1) is 5.69 Å². The third-order valence-corrected chi connectivity index (χ3v) is 5.36. The molecule has 0 bridgehead atoms. The number of hydrogen-bond acceptors (Lipinski definition) is 3. The highest BCUT2D eigenvalue weighted by Gasteiger charge is 2.12. The Labute approximate surface area is 159 Å². The summed E-state index contributed by atoms with van der Waals surface area (Å²) in [6, 6.07) is 11.8. The smallest absolute Gasteiger partial charge is 0.257 e. The molecule has 3 aromatic rings. The van der Waals surface area contributed by atoms with Crippen LogP contribution in [0.2, 0.25) is 0 Å². The van der Waals surface area contributed by atoms with Gasteiger partial charge >= 0.3 is 0 Å². The monoisotopic (exact) mass is 448 g/mol. The number of amides is 1. The minimum atomic E-state index is -0.133. The second kappa shape index (κ2) is 7.03. The number of halogens is 1. The Morgan fingerprint density at radius 2 is 1.83 bits per heavy atom. The number of benzene rings is 2. The van der Waals surface area contributed by atoms with Gasteiger partial charge in [0.25, 0.3) is 5.91 Å². The maximum Gasteiger partial charge on any atom is 0.257 e. The second-order valence-corrected chi connectivity index (χ2v) is 7.86. The maximum atomic E-state index is 12.3. The summed E-state index contributed by atoms with van der Waals surface area (Å²) in [5, 5.41) is 5.49. The summed E-state index contributed by atoms with van der Waals surface area (Å²) in [6.07, 6.45) is 0. The summed E-state index contributed by atoms with van der Waals surface area (Å²) in [6.45, 7) is 6.30. The van der Waals surface area contributed by atoms with Gasteiger partial charge in [0, 0.05) is 20.1 Å². The van der Waals surface area contributed by atoms with Gasteiger partial charge in [-0.1, -0.05) is 12.1 Å². The van der Waals surface area contributed by atoms with Gasteiger partial charge in [-0.3, -0.25) is 10.1 Å². The Hall–Kier alpha value is -1.73. The van der Waals surface area contributed by atoms with E-state index in [-0.39, 0.29) is 5.91 Å². The summed E-state index contributed by atoms with van der Waals surface area (Å²) in [5.74, 6) is -0.133. The van der Waals surface area contributed by atoms with Crippen LogP contribution in [0.1, 0.15) is 27.0 Å². The lowest BCUT2D eigenvalue weighted by molar-refractivity contribution is 0.102. The quantitative estimate of drug-likeness (QED) is 0.531. The normalized spacial score (nSPS) is 10.7. The largest absolute Gasteiger partial charge is 0.298 e. The fourth-order valence-corrected chi connectivity index (χ4v) is 3.74.